The van der Waals surface area contributed by atoms with E-state index in [-0.39, 0.29) is 16.7 Å². The fourth-order valence-corrected chi connectivity index (χ4v) is 4.02. The van der Waals surface area contributed by atoms with Crippen LogP contribution in [-0.4, -0.2) is 35.7 Å². The van der Waals surface area contributed by atoms with Crippen LogP contribution < -0.4 is 19.7 Å². The highest BCUT2D eigenvalue weighted by Gasteiger charge is 2.36. The number of methoxy groups -OCH3 is 2. The maximum absolute atomic E-state index is 13.3. The second-order valence-electron chi connectivity index (χ2n) is 7.29. The molecule has 2 heterocycles. The van der Waals surface area contributed by atoms with Crippen molar-refractivity contribution in [3.8, 4) is 11.5 Å². The van der Waals surface area contributed by atoms with E-state index in [1.165, 1.54) is 12.0 Å². The molecule has 0 radical (unpaired) electrons. The van der Waals surface area contributed by atoms with Crippen LogP contribution in [0, 0.1) is 13.8 Å². The first-order chi connectivity index (χ1) is 14.2. The maximum Gasteiger partial charge on any atom is 0.270 e. The second kappa shape index (κ2) is 8.31. The topological polar surface area (TPSA) is 72.8 Å². The van der Waals surface area contributed by atoms with Gasteiger partial charge in [0.05, 0.1) is 19.9 Å². The Kier molecular flexibility index (Phi) is 5.98. The van der Waals surface area contributed by atoms with Crippen LogP contribution in [0.5, 0.6) is 11.5 Å². The number of anilines is 1. The van der Waals surface area contributed by atoms with Crippen LogP contribution in [0.15, 0.2) is 29.8 Å². The van der Waals surface area contributed by atoms with E-state index < -0.39 is 11.8 Å². The van der Waals surface area contributed by atoms with Gasteiger partial charge in [-0.2, -0.15) is 0 Å². The zero-order valence-corrected chi connectivity index (χ0v) is 18.7. The molecule has 0 unspecified atom stereocenters. The van der Waals surface area contributed by atoms with Crippen molar-refractivity contribution in [3.05, 3.63) is 46.8 Å². The summed E-state index contributed by atoms with van der Waals surface area (Å²) in [5, 5.41) is 2.61. The van der Waals surface area contributed by atoms with Crippen molar-refractivity contribution in [2.45, 2.75) is 33.7 Å². The lowest BCUT2D eigenvalue weighted by Crippen LogP contribution is -2.54. The van der Waals surface area contributed by atoms with Gasteiger partial charge in [-0.05, 0) is 69.8 Å². The van der Waals surface area contributed by atoms with Gasteiger partial charge >= 0.3 is 0 Å². The first-order valence-electron chi connectivity index (χ1n) is 9.51. The highest BCUT2D eigenvalue weighted by molar-refractivity contribution is 7.80. The lowest BCUT2D eigenvalue weighted by Gasteiger charge is -2.30. The number of aromatic nitrogens is 1. The summed E-state index contributed by atoms with van der Waals surface area (Å²) >= 11 is 5.29. The molecule has 1 fully saturated rings. The number of carbonyl (C=O) groups excluding carboxylic acids is 2. The molecule has 30 heavy (non-hydrogen) atoms. The Hall–Kier alpha value is -3.13. The number of amides is 2. The van der Waals surface area contributed by atoms with Crippen molar-refractivity contribution < 1.29 is 19.1 Å². The van der Waals surface area contributed by atoms with E-state index >= 15 is 0 Å². The first kappa shape index (κ1) is 21.6. The van der Waals surface area contributed by atoms with Gasteiger partial charge in [0.2, 0.25) is 0 Å². The van der Waals surface area contributed by atoms with E-state index in [1.807, 2.05) is 19.9 Å². The van der Waals surface area contributed by atoms with Crippen LogP contribution in [0.1, 0.15) is 36.8 Å². The largest absolute Gasteiger partial charge is 0.497 e. The third kappa shape index (κ3) is 3.70. The summed E-state index contributed by atoms with van der Waals surface area (Å²) < 4.78 is 12.8. The van der Waals surface area contributed by atoms with Crippen LogP contribution in [0.25, 0.3) is 6.08 Å². The molecule has 3 rings (SSSR count). The smallest absolute Gasteiger partial charge is 0.270 e. The number of nitrogens with one attached hydrogen (secondary N) is 1. The number of thiocarbonyl (C=S) groups is 1. The Balaban J connectivity index is 2.08. The number of aryl methyl sites for hydroxylation is 1. The number of rotatable bonds is 5. The van der Waals surface area contributed by atoms with Crippen LogP contribution in [0.2, 0.25) is 0 Å². The zero-order valence-electron chi connectivity index (χ0n) is 17.9. The van der Waals surface area contributed by atoms with Crippen LogP contribution >= 0.6 is 12.2 Å². The molecule has 0 saturated carbocycles. The molecule has 1 saturated heterocycles. The molecule has 1 aliphatic heterocycles. The van der Waals surface area contributed by atoms with Crippen molar-refractivity contribution in [3.63, 3.8) is 0 Å². The van der Waals surface area contributed by atoms with Crippen molar-refractivity contribution in [1.29, 1.82) is 0 Å². The minimum atomic E-state index is -0.525. The van der Waals surface area contributed by atoms with E-state index in [0.29, 0.717) is 17.2 Å². The van der Waals surface area contributed by atoms with Gasteiger partial charge in [-0.25, -0.2) is 4.90 Å². The lowest BCUT2D eigenvalue weighted by atomic mass is 10.1. The van der Waals surface area contributed by atoms with Crippen molar-refractivity contribution in [2.24, 2.45) is 0 Å². The summed E-state index contributed by atoms with van der Waals surface area (Å²) in [7, 11) is 3.03. The van der Waals surface area contributed by atoms with Gasteiger partial charge in [0.15, 0.2) is 5.11 Å². The molecular formula is C22H25N3O4S. The molecule has 1 aliphatic rings. The standard InChI is InChI=1S/C22H25N3O4S/c1-12(2)24-13(3)9-15(14(24)4)10-17-20(26)23-22(30)25(21(17)27)18-8-7-16(28-5)11-19(18)29-6/h7-12H,1-6H3,(H,23,26,30). The van der Waals surface area contributed by atoms with Crippen LogP contribution in [-0.2, 0) is 9.59 Å². The number of carbonyl (C=O) groups is 2. The van der Waals surface area contributed by atoms with Gasteiger partial charge < -0.3 is 14.0 Å². The number of hydrogen-bond acceptors (Lipinski definition) is 5. The number of benzene rings is 1. The molecule has 0 spiro atoms. The maximum atomic E-state index is 13.3. The van der Waals surface area contributed by atoms with E-state index in [0.717, 1.165) is 17.0 Å². The third-order valence-corrected chi connectivity index (χ3v) is 5.35. The predicted molar refractivity (Wildman–Crippen MR) is 120 cm³/mol. The van der Waals surface area contributed by atoms with Gasteiger partial charge in [-0.15, -0.1) is 0 Å². The Bertz CT molecular complexity index is 1070. The highest BCUT2D eigenvalue weighted by atomic mass is 32.1. The number of ether oxygens (including phenoxy) is 2. The zero-order chi connectivity index (χ0) is 22.2. The van der Waals surface area contributed by atoms with Gasteiger partial charge in [0, 0.05) is 23.5 Å². The molecule has 0 aliphatic carbocycles. The van der Waals surface area contributed by atoms with E-state index in [4.69, 9.17) is 21.7 Å². The van der Waals surface area contributed by atoms with Crippen LogP contribution in [0.3, 0.4) is 0 Å². The van der Waals surface area contributed by atoms with Crippen molar-refractivity contribution in [1.82, 2.24) is 9.88 Å². The number of nitrogens with zero attached hydrogens (tertiary/aromatic N) is 2. The molecule has 7 nitrogen and oxygen atoms in total. The molecule has 0 atom stereocenters. The molecule has 8 heteroatoms. The molecule has 1 aromatic heterocycles. The molecule has 2 aromatic rings. The van der Waals surface area contributed by atoms with E-state index in [9.17, 15) is 9.59 Å². The molecule has 1 aromatic carbocycles. The van der Waals surface area contributed by atoms with Crippen LogP contribution in [0.4, 0.5) is 5.69 Å². The fraction of sp³-hybridized carbons (Fsp3) is 0.318. The minimum Gasteiger partial charge on any atom is -0.497 e. The monoisotopic (exact) mass is 427 g/mol. The van der Waals surface area contributed by atoms with Crippen molar-refractivity contribution >= 4 is 40.9 Å². The van der Waals surface area contributed by atoms with Gasteiger partial charge in [0.1, 0.15) is 17.1 Å². The summed E-state index contributed by atoms with van der Waals surface area (Å²) in [6.07, 6.45) is 1.61. The van der Waals surface area contributed by atoms with Gasteiger partial charge in [0.25, 0.3) is 11.8 Å². The molecule has 1 N–H and O–H groups in total. The molecule has 0 bridgehead atoms. The first-order valence-corrected chi connectivity index (χ1v) is 9.92. The predicted octanol–water partition coefficient (Wildman–Crippen LogP) is 3.53. The summed E-state index contributed by atoms with van der Waals surface area (Å²) in [5.74, 6) is -0.0601. The Labute approximate surface area is 181 Å². The SMILES string of the molecule is COc1ccc(N2C(=O)C(=Cc3cc(C)n(C(C)C)c3C)C(=O)NC2=S)c(OC)c1. The summed E-state index contributed by atoms with van der Waals surface area (Å²) in [5.41, 5.74) is 3.28. The minimum absolute atomic E-state index is 0.00160. The highest BCUT2D eigenvalue weighted by Crippen LogP contribution is 2.34. The average Bonchev–Trinajstić information content (AvgIpc) is 2.98. The quantitative estimate of drug-likeness (QED) is 0.449. The summed E-state index contributed by atoms with van der Waals surface area (Å²) in [4.78, 5) is 27.2. The Morgan fingerprint density at radius 1 is 1.10 bits per heavy atom. The summed E-state index contributed by atoms with van der Waals surface area (Å²) in [6, 6.07) is 7.25. The average molecular weight is 428 g/mol. The molecule has 2 amide bonds. The Morgan fingerprint density at radius 3 is 2.37 bits per heavy atom. The molecule has 158 valence electrons. The lowest BCUT2D eigenvalue weighted by molar-refractivity contribution is -0.122. The fourth-order valence-electron chi connectivity index (χ4n) is 3.74. The van der Waals surface area contributed by atoms with Crippen molar-refractivity contribution in [2.75, 3.05) is 19.1 Å². The molecular weight excluding hydrogens is 402 g/mol. The third-order valence-electron chi connectivity index (χ3n) is 5.07. The van der Waals surface area contributed by atoms with E-state index in [2.05, 4.69) is 23.7 Å². The Morgan fingerprint density at radius 2 is 1.80 bits per heavy atom. The van der Waals surface area contributed by atoms with E-state index in [1.54, 1.807) is 31.4 Å². The van der Waals surface area contributed by atoms with Gasteiger partial charge in [-0.1, -0.05) is 0 Å². The second-order valence-corrected chi connectivity index (χ2v) is 7.67. The normalized spacial score (nSPS) is 15.8. The summed E-state index contributed by atoms with van der Waals surface area (Å²) in [6.45, 7) is 8.15. The number of hydrogen-bond donors (Lipinski definition) is 1. The van der Waals surface area contributed by atoms with Gasteiger partial charge in [-0.3, -0.25) is 14.9 Å².